The lowest BCUT2D eigenvalue weighted by Crippen LogP contribution is -2.42. The first-order chi connectivity index (χ1) is 11.0. The molecular weight excluding hydrogens is 348 g/mol. The molecule has 0 amide bonds. The maximum atomic E-state index is 12.1. The molecule has 136 valence electrons. The second-order valence-electron chi connectivity index (χ2n) is 6.83. The van der Waals surface area contributed by atoms with E-state index in [4.69, 9.17) is 0 Å². The van der Waals surface area contributed by atoms with E-state index in [1.807, 2.05) is 13.8 Å². The van der Waals surface area contributed by atoms with Crippen molar-refractivity contribution in [1.29, 1.82) is 0 Å². The van der Waals surface area contributed by atoms with Gasteiger partial charge in [-0.3, -0.25) is 14.9 Å². The molecule has 2 atom stereocenters. The number of nitrogens with zero attached hydrogens (tertiary/aromatic N) is 3. The zero-order chi connectivity index (χ0) is 16.4. The summed E-state index contributed by atoms with van der Waals surface area (Å²) in [7, 11) is -3.16. The summed E-state index contributed by atoms with van der Waals surface area (Å²) in [6, 6.07) is 0.0380. The maximum absolute atomic E-state index is 12.1. The predicted molar refractivity (Wildman–Crippen MR) is 96.5 cm³/mol. The Bertz CT molecular complexity index is 651. The first-order valence-electron chi connectivity index (χ1n) is 8.47. The van der Waals surface area contributed by atoms with Gasteiger partial charge in [-0.1, -0.05) is 6.92 Å². The fourth-order valence-electron chi connectivity index (χ4n) is 3.53. The predicted octanol–water partition coefficient (Wildman–Crippen LogP) is 1.75. The third-order valence-corrected chi connectivity index (χ3v) is 6.44. The van der Waals surface area contributed by atoms with E-state index in [-0.39, 0.29) is 24.2 Å². The van der Waals surface area contributed by atoms with Crippen LogP contribution < -0.4 is 4.72 Å². The summed E-state index contributed by atoms with van der Waals surface area (Å²) in [6.07, 6.45) is 6.54. The highest BCUT2D eigenvalue weighted by Gasteiger charge is 2.43. The smallest absolute Gasteiger partial charge is 0.211 e. The van der Waals surface area contributed by atoms with E-state index >= 15 is 0 Å². The normalized spacial score (nSPS) is 24.8. The zero-order valence-electron chi connectivity index (χ0n) is 14.3. The van der Waals surface area contributed by atoms with Crippen LogP contribution in [0.5, 0.6) is 0 Å². The summed E-state index contributed by atoms with van der Waals surface area (Å²) < 4.78 is 27.2. The van der Waals surface area contributed by atoms with Gasteiger partial charge in [0.15, 0.2) is 0 Å². The van der Waals surface area contributed by atoms with Crippen LogP contribution in [0.25, 0.3) is 0 Å². The molecule has 2 heterocycles. The number of hydrogen-bond acceptors (Lipinski definition) is 5. The molecule has 1 saturated heterocycles. The number of sulfonamides is 1. The van der Waals surface area contributed by atoms with Gasteiger partial charge in [-0.25, -0.2) is 13.1 Å². The molecule has 0 aromatic carbocycles. The molecule has 1 saturated carbocycles. The van der Waals surface area contributed by atoms with Crippen LogP contribution in [0.1, 0.15) is 37.6 Å². The molecule has 8 heteroatoms. The Balaban J connectivity index is 0.00000208. The van der Waals surface area contributed by atoms with Gasteiger partial charge in [0.25, 0.3) is 0 Å². The Hall–Kier alpha value is -0.760. The van der Waals surface area contributed by atoms with Gasteiger partial charge in [0.1, 0.15) is 0 Å². The summed E-state index contributed by atoms with van der Waals surface area (Å²) in [5, 5.41) is 0. The van der Waals surface area contributed by atoms with E-state index < -0.39 is 10.0 Å². The number of hydrogen-bond donors (Lipinski definition) is 1. The molecule has 1 aliphatic heterocycles. The Kier molecular flexibility index (Phi) is 6.59. The van der Waals surface area contributed by atoms with Crippen LogP contribution in [0.3, 0.4) is 0 Å². The molecule has 1 aliphatic carbocycles. The Morgan fingerprint density at radius 3 is 2.58 bits per heavy atom. The molecule has 0 radical (unpaired) electrons. The monoisotopic (exact) mass is 374 g/mol. The van der Waals surface area contributed by atoms with E-state index in [9.17, 15) is 8.42 Å². The average molecular weight is 375 g/mol. The van der Waals surface area contributed by atoms with Crippen LogP contribution in [0.4, 0.5) is 0 Å². The molecule has 2 aliphatic rings. The molecule has 3 rings (SSSR count). The van der Waals surface area contributed by atoms with Crippen LogP contribution in [0.15, 0.2) is 12.4 Å². The van der Waals surface area contributed by atoms with Gasteiger partial charge in [0.05, 0.1) is 17.1 Å². The molecule has 1 N–H and O–H groups in total. The van der Waals surface area contributed by atoms with Crippen molar-refractivity contribution in [1.82, 2.24) is 19.6 Å². The van der Waals surface area contributed by atoms with Gasteiger partial charge in [0.2, 0.25) is 10.0 Å². The van der Waals surface area contributed by atoms with Crippen molar-refractivity contribution >= 4 is 22.4 Å². The lowest BCUT2D eigenvalue weighted by atomic mass is 9.99. The van der Waals surface area contributed by atoms with E-state index in [1.165, 1.54) is 12.8 Å². The lowest BCUT2D eigenvalue weighted by Gasteiger charge is -2.19. The first kappa shape index (κ1) is 19.6. The number of nitrogens with one attached hydrogen (secondary N) is 1. The fraction of sp³-hybridized carbons (Fsp3) is 0.750. The highest BCUT2D eigenvalue weighted by atomic mass is 35.5. The SMILES string of the molecule is CCCS(=O)(=O)N[C@H]1CN(Cc2nccnc2C)C[C@@H]1C1CC1.Cl. The van der Waals surface area contributed by atoms with Crippen LogP contribution in [-0.2, 0) is 16.6 Å². The van der Waals surface area contributed by atoms with Crippen molar-refractivity contribution in [3.63, 3.8) is 0 Å². The van der Waals surface area contributed by atoms with Crippen LogP contribution in [-0.4, -0.2) is 48.2 Å². The van der Waals surface area contributed by atoms with Gasteiger partial charge in [0, 0.05) is 38.1 Å². The van der Waals surface area contributed by atoms with Gasteiger partial charge in [-0.05, 0) is 38.0 Å². The molecule has 0 unspecified atom stereocenters. The number of aryl methyl sites for hydroxylation is 1. The van der Waals surface area contributed by atoms with Crippen molar-refractivity contribution in [2.24, 2.45) is 11.8 Å². The molecular formula is C16H27ClN4O2S. The van der Waals surface area contributed by atoms with E-state index in [2.05, 4.69) is 19.6 Å². The Morgan fingerprint density at radius 2 is 1.96 bits per heavy atom. The van der Waals surface area contributed by atoms with Crippen LogP contribution in [0, 0.1) is 18.8 Å². The molecule has 2 fully saturated rings. The second kappa shape index (κ2) is 8.08. The van der Waals surface area contributed by atoms with Crippen molar-refractivity contribution < 1.29 is 8.42 Å². The number of rotatable bonds is 7. The number of aromatic nitrogens is 2. The van der Waals surface area contributed by atoms with Gasteiger partial charge < -0.3 is 0 Å². The van der Waals surface area contributed by atoms with Crippen LogP contribution >= 0.6 is 12.4 Å². The van der Waals surface area contributed by atoms with Gasteiger partial charge in [-0.2, -0.15) is 0 Å². The number of likely N-dealkylation sites (tertiary alicyclic amines) is 1. The second-order valence-corrected chi connectivity index (χ2v) is 8.70. The summed E-state index contributed by atoms with van der Waals surface area (Å²) in [6.45, 7) is 6.32. The van der Waals surface area contributed by atoms with Crippen molar-refractivity contribution in [3.8, 4) is 0 Å². The van der Waals surface area contributed by atoms with E-state index in [1.54, 1.807) is 12.4 Å². The maximum Gasteiger partial charge on any atom is 0.211 e. The topological polar surface area (TPSA) is 75.2 Å². The standard InChI is InChI=1S/C16H26N4O2S.ClH/c1-3-8-23(21,22)19-16-11-20(9-14(16)13-4-5-13)10-15-12(2)17-6-7-18-15;/h6-7,13-14,16,19H,3-5,8-11H2,1-2H3;1H/t14-,16+;/m1./s1. The lowest BCUT2D eigenvalue weighted by molar-refractivity contribution is 0.305. The zero-order valence-corrected chi connectivity index (χ0v) is 15.9. The van der Waals surface area contributed by atoms with Gasteiger partial charge >= 0.3 is 0 Å². The summed E-state index contributed by atoms with van der Waals surface area (Å²) in [5.41, 5.74) is 1.93. The van der Waals surface area contributed by atoms with Crippen molar-refractivity contribution in [3.05, 3.63) is 23.8 Å². The fourth-order valence-corrected chi connectivity index (χ4v) is 4.90. The van der Waals surface area contributed by atoms with E-state index in [0.29, 0.717) is 18.3 Å². The Morgan fingerprint density at radius 1 is 1.25 bits per heavy atom. The molecule has 1 aromatic rings. The van der Waals surface area contributed by atoms with Gasteiger partial charge in [-0.15, -0.1) is 12.4 Å². The van der Waals surface area contributed by atoms with E-state index in [0.717, 1.165) is 31.0 Å². The molecule has 0 bridgehead atoms. The summed E-state index contributed by atoms with van der Waals surface area (Å²) in [4.78, 5) is 11.0. The quantitative estimate of drug-likeness (QED) is 0.786. The van der Waals surface area contributed by atoms with Crippen molar-refractivity contribution in [2.45, 2.75) is 45.7 Å². The Labute approximate surface area is 150 Å². The minimum Gasteiger partial charge on any atom is -0.296 e. The minimum atomic E-state index is -3.16. The third-order valence-electron chi connectivity index (χ3n) is 4.83. The average Bonchev–Trinajstić information content (AvgIpc) is 3.25. The summed E-state index contributed by atoms with van der Waals surface area (Å²) >= 11 is 0. The molecule has 24 heavy (non-hydrogen) atoms. The minimum absolute atomic E-state index is 0. The highest BCUT2D eigenvalue weighted by molar-refractivity contribution is 7.89. The molecule has 1 aromatic heterocycles. The molecule has 6 nitrogen and oxygen atoms in total. The number of halogens is 1. The summed E-state index contributed by atoms with van der Waals surface area (Å²) in [5.74, 6) is 1.32. The third kappa shape index (κ3) is 4.88. The largest absolute Gasteiger partial charge is 0.296 e. The van der Waals surface area contributed by atoms with Crippen molar-refractivity contribution in [2.75, 3.05) is 18.8 Å². The highest BCUT2D eigenvalue weighted by Crippen LogP contribution is 2.41. The first-order valence-corrected chi connectivity index (χ1v) is 10.1. The molecule has 0 spiro atoms. The van der Waals surface area contributed by atoms with Crippen LogP contribution in [0.2, 0.25) is 0 Å².